The van der Waals surface area contributed by atoms with Gasteiger partial charge in [0.1, 0.15) is 12.1 Å². The first-order valence-electron chi connectivity index (χ1n) is 10.0. The van der Waals surface area contributed by atoms with Crippen LogP contribution >= 0.6 is 0 Å². The van der Waals surface area contributed by atoms with E-state index in [4.69, 9.17) is 10.2 Å². The van der Waals surface area contributed by atoms with Gasteiger partial charge in [0.15, 0.2) is 0 Å². The molecule has 2 aliphatic heterocycles. The molecule has 2 fully saturated rings. The normalized spacial score (nSPS) is 24.7. The zero-order valence-electron chi connectivity index (χ0n) is 16.6. The minimum absolute atomic E-state index is 0.0106. The van der Waals surface area contributed by atoms with Crippen LogP contribution in [0.2, 0.25) is 0 Å². The number of furan rings is 1. The average Bonchev–Trinajstić information content (AvgIpc) is 3.27. The predicted molar refractivity (Wildman–Crippen MR) is 108 cm³/mol. The van der Waals surface area contributed by atoms with E-state index in [-0.39, 0.29) is 17.9 Å². The SMILES string of the molecule is CN1CC[C@]2(C(=O)NCc3cccnc3N)CCCN(C(=O)c3ccoc3)[C@H]2C1. The van der Waals surface area contributed by atoms with E-state index in [0.717, 1.165) is 31.4 Å². The molecular formula is C21H27N5O3. The van der Waals surface area contributed by atoms with Crippen LogP contribution in [-0.4, -0.2) is 59.3 Å². The quantitative estimate of drug-likeness (QED) is 0.810. The summed E-state index contributed by atoms with van der Waals surface area (Å²) in [5, 5.41) is 3.07. The van der Waals surface area contributed by atoms with Crippen molar-refractivity contribution in [1.82, 2.24) is 20.1 Å². The molecule has 8 heteroatoms. The Morgan fingerprint density at radius 3 is 2.97 bits per heavy atom. The largest absolute Gasteiger partial charge is 0.472 e. The summed E-state index contributed by atoms with van der Waals surface area (Å²) in [4.78, 5) is 34.7. The first-order chi connectivity index (χ1) is 14.0. The number of nitrogens with one attached hydrogen (secondary N) is 1. The molecule has 4 heterocycles. The number of amides is 2. The van der Waals surface area contributed by atoms with Crippen molar-refractivity contribution >= 4 is 17.6 Å². The van der Waals surface area contributed by atoms with Crippen LogP contribution in [0.25, 0.3) is 0 Å². The monoisotopic (exact) mass is 397 g/mol. The van der Waals surface area contributed by atoms with Gasteiger partial charge in [-0.25, -0.2) is 4.98 Å². The number of piperidine rings is 2. The van der Waals surface area contributed by atoms with E-state index in [1.165, 1.54) is 12.5 Å². The van der Waals surface area contributed by atoms with Crippen molar-refractivity contribution in [3.63, 3.8) is 0 Å². The van der Waals surface area contributed by atoms with Gasteiger partial charge < -0.3 is 25.3 Å². The highest BCUT2D eigenvalue weighted by Gasteiger charge is 2.53. The number of pyridine rings is 1. The fourth-order valence-electron chi connectivity index (χ4n) is 4.65. The highest BCUT2D eigenvalue weighted by atomic mass is 16.3. The maximum atomic E-state index is 13.5. The van der Waals surface area contributed by atoms with Gasteiger partial charge in [-0.3, -0.25) is 9.59 Å². The van der Waals surface area contributed by atoms with Crippen LogP contribution < -0.4 is 11.1 Å². The van der Waals surface area contributed by atoms with Gasteiger partial charge in [0.2, 0.25) is 5.91 Å². The van der Waals surface area contributed by atoms with E-state index in [1.807, 2.05) is 18.0 Å². The Bertz CT molecular complexity index is 884. The summed E-state index contributed by atoms with van der Waals surface area (Å²) in [6.07, 6.45) is 6.89. The Labute approximate surface area is 170 Å². The van der Waals surface area contributed by atoms with Crippen LogP contribution in [0.5, 0.6) is 0 Å². The summed E-state index contributed by atoms with van der Waals surface area (Å²) in [5.74, 6) is 0.335. The van der Waals surface area contributed by atoms with E-state index in [9.17, 15) is 9.59 Å². The van der Waals surface area contributed by atoms with Gasteiger partial charge >= 0.3 is 0 Å². The van der Waals surface area contributed by atoms with Gasteiger partial charge in [-0.2, -0.15) is 0 Å². The Hall–Kier alpha value is -2.87. The molecule has 3 N–H and O–H groups in total. The molecule has 2 saturated heterocycles. The number of fused-ring (bicyclic) bond motifs is 1. The number of anilines is 1. The van der Waals surface area contributed by atoms with Gasteiger partial charge in [-0.05, 0) is 45.0 Å². The van der Waals surface area contributed by atoms with E-state index in [0.29, 0.717) is 31.0 Å². The lowest BCUT2D eigenvalue weighted by molar-refractivity contribution is -0.142. The first kappa shape index (κ1) is 19.4. The number of nitrogens with two attached hydrogens (primary N) is 1. The smallest absolute Gasteiger partial charge is 0.257 e. The average molecular weight is 397 g/mol. The summed E-state index contributed by atoms with van der Waals surface area (Å²) >= 11 is 0. The fraction of sp³-hybridized carbons (Fsp3) is 0.476. The van der Waals surface area contributed by atoms with Gasteiger partial charge in [-0.15, -0.1) is 0 Å². The minimum atomic E-state index is -0.596. The summed E-state index contributed by atoms with van der Waals surface area (Å²) in [5.41, 5.74) is 6.64. The zero-order chi connectivity index (χ0) is 20.4. The maximum Gasteiger partial charge on any atom is 0.257 e. The molecule has 0 saturated carbocycles. The van der Waals surface area contributed by atoms with Gasteiger partial charge in [0.05, 0.1) is 23.3 Å². The Morgan fingerprint density at radius 2 is 2.21 bits per heavy atom. The van der Waals surface area contributed by atoms with Gasteiger partial charge in [-0.1, -0.05) is 6.07 Å². The number of carbonyl (C=O) groups excluding carboxylic acids is 2. The number of carbonyl (C=O) groups is 2. The number of nitrogen functional groups attached to an aromatic ring is 1. The van der Waals surface area contributed by atoms with Crippen molar-refractivity contribution in [1.29, 1.82) is 0 Å². The second-order valence-electron chi connectivity index (χ2n) is 8.03. The Morgan fingerprint density at radius 1 is 1.34 bits per heavy atom. The molecule has 2 atom stereocenters. The van der Waals surface area contributed by atoms with Crippen LogP contribution in [0.4, 0.5) is 5.82 Å². The van der Waals surface area contributed by atoms with Crippen molar-refractivity contribution < 1.29 is 14.0 Å². The molecule has 154 valence electrons. The summed E-state index contributed by atoms with van der Waals surface area (Å²) in [6, 6.07) is 5.17. The standard InChI is InChI=1S/C21H27N5O3/c1-25-10-7-21(20(28)24-12-15-4-2-8-23-18(15)22)6-3-9-26(17(21)13-25)19(27)16-5-11-29-14-16/h2,4-5,8,11,14,17H,3,6-7,9-10,12-13H2,1H3,(H2,22,23)(H,24,28)/t17-,21+/m0/s1. The topological polar surface area (TPSA) is 105 Å². The van der Waals surface area contributed by atoms with Crippen molar-refractivity contribution in [3.8, 4) is 0 Å². The summed E-state index contributed by atoms with van der Waals surface area (Å²) < 4.78 is 5.10. The lowest BCUT2D eigenvalue weighted by atomic mass is 9.67. The number of likely N-dealkylation sites (tertiary alicyclic amines) is 2. The third-order valence-electron chi connectivity index (χ3n) is 6.31. The molecule has 4 rings (SSSR count). The highest BCUT2D eigenvalue weighted by Crippen LogP contribution is 2.43. The van der Waals surface area contributed by atoms with Crippen LogP contribution in [0.1, 0.15) is 35.2 Å². The zero-order valence-corrected chi connectivity index (χ0v) is 16.6. The third kappa shape index (κ3) is 3.60. The number of likely N-dealkylation sites (N-methyl/N-ethyl adjacent to an activating group) is 1. The van der Waals surface area contributed by atoms with Crippen LogP contribution in [0.15, 0.2) is 41.3 Å². The van der Waals surface area contributed by atoms with E-state index >= 15 is 0 Å². The Balaban J connectivity index is 1.57. The Kier molecular flexibility index (Phi) is 5.27. The second kappa shape index (κ2) is 7.87. The van der Waals surface area contributed by atoms with Crippen LogP contribution in [0.3, 0.4) is 0 Å². The van der Waals surface area contributed by atoms with Gasteiger partial charge in [0.25, 0.3) is 5.91 Å². The van der Waals surface area contributed by atoms with Crippen molar-refractivity contribution in [2.24, 2.45) is 5.41 Å². The third-order valence-corrected chi connectivity index (χ3v) is 6.31. The fourth-order valence-corrected chi connectivity index (χ4v) is 4.65. The lowest BCUT2D eigenvalue weighted by Gasteiger charge is -2.53. The lowest BCUT2D eigenvalue weighted by Crippen LogP contribution is -2.66. The molecule has 29 heavy (non-hydrogen) atoms. The molecule has 0 radical (unpaired) electrons. The minimum Gasteiger partial charge on any atom is -0.472 e. The molecular weight excluding hydrogens is 370 g/mol. The highest BCUT2D eigenvalue weighted by molar-refractivity contribution is 5.95. The molecule has 0 spiro atoms. The molecule has 8 nitrogen and oxygen atoms in total. The molecule has 2 aromatic rings. The first-order valence-corrected chi connectivity index (χ1v) is 10.0. The van der Waals surface area contributed by atoms with E-state index in [1.54, 1.807) is 18.3 Å². The van der Waals surface area contributed by atoms with Crippen molar-refractivity contribution in [2.45, 2.75) is 31.8 Å². The summed E-state index contributed by atoms with van der Waals surface area (Å²) in [7, 11) is 2.03. The van der Waals surface area contributed by atoms with E-state index < -0.39 is 5.41 Å². The molecule has 0 aromatic carbocycles. The number of aromatic nitrogens is 1. The van der Waals surface area contributed by atoms with E-state index in [2.05, 4.69) is 15.2 Å². The number of nitrogens with zero attached hydrogens (tertiary/aromatic N) is 3. The molecule has 0 aliphatic carbocycles. The number of rotatable bonds is 4. The predicted octanol–water partition coefficient (Wildman–Crippen LogP) is 1.50. The van der Waals surface area contributed by atoms with Crippen molar-refractivity contribution in [2.75, 3.05) is 32.4 Å². The van der Waals surface area contributed by atoms with Gasteiger partial charge in [0, 0.05) is 31.4 Å². The molecule has 2 aliphatic rings. The van der Waals surface area contributed by atoms with Crippen LogP contribution in [-0.2, 0) is 11.3 Å². The van der Waals surface area contributed by atoms with Crippen LogP contribution in [0, 0.1) is 5.41 Å². The summed E-state index contributed by atoms with van der Waals surface area (Å²) in [6.45, 7) is 2.48. The molecule has 0 bridgehead atoms. The number of hydrogen-bond acceptors (Lipinski definition) is 6. The van der Waals surface area contributed by atoms with Crippen molar-refractivity contribution in [3.05, 3.63) is 48.0 Å². The molecule has 2 aromatic heterocycles. The maximum absolute atomic E-state index is 13.5. The second-order valence-corrected chi connectivity index (χ2v) is 8.03. The molecule has 2 amide bonds. The number of hydrogen-bond donors (Lipinski definition) is 2. The molecule has 0 unspecified atom stereocenters.